The van der Waals surface area contributed by atoms with Crippen LogP contribution >= 0.6 is 11.8 Å². The number of nitrogens with two attached hydrogens (primary N) is 1. The Hall–Kier alpha value is -1.05. The smallest absolute Gasteiger partial charge is 0.191 e. The largest absolute Gasteiger partial charge is 0.367 e. The first-order valence-corrected chi connectivity index (χ1v) is 8.73. The first kappa shape index (κ1) is 18.0. The Balaban J connectivity index is 2.48. The molecule has 0 aliphatic heterocycles. The molecular weight excluding hydrogens is 284 g/mol. The van der Waals surface area contributed by atoms with Crippen LogP contribution in [0.25, 0.3) is 0 Å². The van der Waals surface area contributed by atoms with Crippen molar-refractivity contribution in [1.29, 1.82) is 0 Å². The van der Waals surface area contributed by atoms with Gasteiger partial charge >= 0.3 is 0 Å². The van der Waals surface area contributed by atoms with Crippen LogP contribution in [0.1, 0.15) is 33.6 Å². The molecule has 1 atom stereocenters. The van der Waals surface area contributed by atoms with Crippen molar-refractivity contribution in [3.05, 3.63) is 6.07 Å². The fourth-order valence-corrected chi connectivity index (χ4v) is 2.53. The third kappa shape index (κ3) is 6.50. The Kier molecular flexibility index (Phi) is 8.41. The lowest BCUT2D eigenvalue weighted by molar-refractivity contribution is 0.295. The molecule has 120 valence electrons. The predicted molar refractivity (Wildman–Crippen MR) is 91.7 cm³/mol. The minimum absolute atomic E-state index is 0.371. The summed E-state index contributed by atoms with van der Waals surface area (Å²) in [4.78, 5) is 11.1. The molecule has 6 nitrogen and oxygen atoms in total. The summed E-state index contributed by atoms with van der Waals surface area (Å²) in [6, 6.07) is 2.21. The van der Waals surface area contributed by atoms with Crippen molar-refractivity contribution in [2.24, 2.45) is 5.84 Å². The van der Waals surface area contributed by atoms with Gasteiger partial charge in [0.15, 0.2) is 5.16 Å². The first-order valence-electron chi connectivity index (χ1n) is 7.51. The van der Waals surface area contributed by atoms with Crippen LogP contribution in [0.15, 0.2) is 11.2 Å². The van der Waals surface area contributed by atoms with E-state index in [0.717, 1.165) is 31.9 Å². The van der Waals surface area contributed by atoms with Crippen LogP contribution in [-0.4, -0.2) is 46.8 Å². The number of anilines is 2. The van der Waals surface area contributed by atoms with E-state index in [-0.39, 0.29) is 0 Å². The molecule has 1 aromatic heterocycles. The number of rotatable bonds is 10. The van der Waals surface area contributed by atoms with Gasteiger partial charge in [0.25, 0.3) is 0 Å². The summed E-state index contributed by atoms with van der Waals surface area (Å²) in [5, 5.41) is 4.13. The molecule has 0 fully saturated rings. The number of thioether (sulfide) groups is 1. The molecule has 4 N–H and O–H groups in total. The van der Waals surface area contributed by atoms with E-state index in [1.807, 2.05) is 12.3 Å². The molecule has 0 bridgehead atoms. The molecule has 7 heteroatoms. The van der Waals surface area contributed by atoms with Crippen molar-refractivity contribution in [3.8, 4) is 0 Å². The lowest BCUT2D eigenvalue weighted by Gasteiger charge is -2.20. The Morgan fingerprint density at radius 2 is 1.95 bits per heavy atom. The van der Waals surface area contributed by atoms with Gasteiger partial charge in [0.1, 0.15) is 11.6 Å². The molecule has 0 aliphatic rings. The molecule has 0 saturated carbocycles. The van der Waals surface area contributed by atoms with Gasteiger partial charge in [-0.05, 0) is 45.7 Å². The van der Waals surface area contributed by atoms with E-state index in [1.165, 1.54) is 18.2 Å². The third-order valence-electron chi connectivity index (χ3n) is 3.44. The van der Waals surface area contributed by atoms with E-state index in [0.29, 0.717) is 17.0 Å². The standard InChI is InChI=1S/C14H28N6S/c1-5-20(6-2)9-7-8-11(3)16-12-10-13(19-15)18-14(17-12)21-4/h10-11H,5-9,15H2,1-4H3,(H2,16,17,18,19). The molecule has 0 aromatic carbocycles. The molecule has 0 amide bonds. The summed E-state index contributed by atoms with van der Waals surface area (Å²) < 4.78 is 0. The van der Waals surface area contributed by atoms with Gasteiger partial charge in [-0.1, -0.05) is 25.6 Å². The molecule has 0 aliphatic carbocycles. The zero-order valence-electron chi connectivity index (χ0n) is 13.5. The summed E-state index contributed by atoms with van der Waals surface area (Å²) >= 11 is 1.50. The van der Waals surface area contributed by atoms with Crippen molar-refractivity contribution < 1.29 is 0 Å². The lowest BCUT2D eigenvalue weighted by atomic mass is 10.1. The van der Waals surface area contributed by atoms with Gasteiger partial charge in [-0.2, -0.15) is 0 Å². The predicted octanol–water partition coefficient (Wildman–Crippen LogP) is 2.41. The van der Waals surface area contributed by atoms with Crippen LogP contribution in [0.5, 0.6) is 0 Å². The Labute approximate surface area is 132 Å². The summed E-state index contributed by atoms with van der Waals surface area (Å²) in [6.45, 7) is 9.97. The molecule has 21 heavy (non-hydrogen) atoms. The lowest BCUT2D eigenvalue weighted by Crippen LogP contribution is -2.25. The fourth-order valence-electron chi connectivity index (χ4n) is 2.15. The van der Waals surface area contributed by atoms with Gasteiger partial charge in [-0.3, -0.25) is 0 Å². The minimum atomic E-state index is 0.371. The van der Waals surface area contributed by atoms with Gasteiger partial charge in [-0.25, -0.2) is 15.8 Å². The zero-order chi connectivity index (χ0) is 15.7. The normalized spacial score (nSPS) is 12.5. The molecule has 0 saturated heterocycles. The van der Waals surface area contributed by atoms with Crippen LogP contribution in [0.3, 0.4) is 0 Å². The van der Waals surface area contributed by atoms with E-state index < -0.39 is 0 Å². The van der Waals surface area contributed by atoms with Crippen molar-refractivity contribution in [3.63, 3.8) is 0 Å². The third-order valence-corrected chi connectivity index (χ3v) is 3.98. The number of nitrogen functional groups attached to an aromatic ring is 1. The van der Waals surface area contributed by atoms with Gasteiger partial charge in [-0.15, -0.1) is 0 Å². The average Bonchev–Trinajstić information content (AvgIpc) is 2.51. The van der Waals surface area contributed by atoms with Gasteiger partial charge in [0.2, 0.25) is 0 Å². The second kappa shape index (κ2) is 9.81. The number of hydrogen-bond acceptors (Lipinski definition) is 7. The molecule has 1 heterocycles. The summed E-state index contributed by atoms with van der Waals surface area (Å²) in [6.07, 6.45) is 4.24. The number of nitrogens with one attached hydrogen (secondary N) is 2. The second-order valence-corrected chi connectivity index (χ2v) is 5.76. The Morgan fingerprint density at radius 1 is 1.29 bits per heavy atom. The minimum Gasteiger partial charge on any atom is -0.367 e. The monoisotopic (exact) mass is 312 g/mol. The molecule has 0 spiro atoms. The first-order chi connectivity index (χ1) is 10.1. The van der Waals surface area contributed by atoms with Crippen LogP contribution < -0.4 is 16.6 Å². The second-order valence-electron chi connectivity index (χ2n) is 4.98. The molecule has 1 aromatic rings. The molecule has 1 rings (SSSR count). The van der Waals surface area contributed by atoms with Crippen LogP contribution in [0.4, 0.5) is 11.6 Å². The maximum absolute atomic E-state index is 5.43. The van der Waals surface area contributed by atoms with E-state index >= 15 is 0 Å². The Morgan fingerprint density at radius 3 is 2.52 bits per heavy atom. The summed E-state index contributed by atoms with van der Waals surface area (Å²) in [7, 11) is 0. The highest BCUT2D eigenvalue weighted by Gasteiger charge is 2.08. The maximum Gasteiger partial charge on any atom is 0.191 e. The summed E-state index contributed by atoms with van der Waals surface area (Å²) in [5.41, 5.74) is 2.58. The fraction of sp³-hybridized carbons (Fsp3) is 0.714. The van der Waals surface area contributed by atoms with Crippen molar-refractivity contribution in [1.82, 2.24) is 14.9 Å². The number of hydrazine groups is 1. The topological polar surface area (TPSA) is 79.1 Å². The number of aromatic nitrogens is 2. The van der Waals surface area contributed by atoms with E-state index in [1.54, 1.807) is 0 Å². The highest BCUT2D eigenvalue weighted by atomic mass is 32.2. The zero-order valence-corrected chi connectivity index (χ0v) is 14.3. The van der Waals surface area contributed by atoms with Gasteiger partial charge in [0, 0.05) is 12.1 Å². The van der Waals surface area contributed by atoms with Crippen LogP contribution in [0.2, 0.25) is 0 Å². The molecule has 0 radical (unpaired) electrons. The number of nitrogens with zero attached hydrogens (tertiary/aromatic N) is 3. The van der Waals surface area contributed by atoms with Crippen molar-refractivity contribution in [2.45, 2.75) is 44.8 Å². The van der Waals surface area contributed by atoms with Gasteiger partial charge in [0.05, 0.1) is 0 Å². The maximum atomic E-state index is 5.43. The highest BCUT2D eigenvalue weighted by Crippen LogP contribution is 2.17. The van der Waals surface area contributed by atoms with Crippen molar-refractivity contribution >= 4 is 23.4 Å². The van der Waals surface area contributed by atoms with Crippen LogP contribution in [-0.2, 0) is 0 Å². The summed E-state index contributed by atoms with van der Waals surface area (Å²) in [5.74, 6) is 6.88. The van der Waals surface area contributed by atoms with Gasteiger partial charge < -0.3 is 15.6 Å². The highest BCUT2D eigenvalue weighted by molar-refractivity contribution is 7.98. The Bertz CT molecular complexity index is 388. The van der Waals surface area contributed by atoms with Crippen molar-refractivity contribution in [2.75, 3.05) is 36.6 Å². The van der Waals surface area contributed by atoms with E-state index in [9.17, 15) is 0 Å². The quantitative estimate of drug-likeness (QED) is 0.265. The van der Waals surface area contributed by atoms with Crippen LogP contribution in [0, 0.1) is 0 Å². The SMILES string of the molecule is CCN(CC)CCCC(C)Nc1cc(NN)nc(SC)n1. The molecular formula is C14H28N6S. The number of hydrogen-bond donors (Lipinski definition) is 3. The molecule has 1 unspecified atom stereocenters. The van der Waals surface area contributed by atoms with E-state index in [4.69, 9.17) is 5.84 Å². The average molecular weight is 312 g/mol. The van der Waals surface area contributed by atoms with E-state index in [2.05, 4.69) is 46.4 Å².